The molecule has 9 heteroatoms. The van der Waals surface area contributed by atoms with Crippen molar-refractivity contribution in [3.8, 4) is 5.75 Å². The number of carbonyl (C=O) groups is 2. The van der Waals surface area contributed by atoms with E-state index in [1.807, 2.05) is 0 Å². The van der Waals surface area contributed by atoms with Gasteiger partial charge in [-0.05, 0) is 53.7 Å². The van der Waals surface area contributed by atoms with Gasteiger partial charge in [-0.1, -0.05) is 29.8 Å². The molecule has 1 saturated heterocycles. The van der Waals surface area contributed by atoms with E-state index in [4.69, 9.17) is 28.6 Å². The maximum absolute atomic E-state index is 13.0. The summed E-state index contributed by atoms with van der Waals surface area (Å²) in [6.45, 7) is -0.0351. The molecule has 1 aliphatic rings. The molecule has 3 rings (SSSR count). The number of nitrogens with zero attached hydrogens (tertiary/aromatic N) is 1. The van der Waals surface area contributed by atoms with E-state index in [1.54, 1.807) is 36.4 Å². The summed E-state index contributed by atoms with van der Waals surface area (Å²) in [5.74, 6) is -0.877. The van der Waals surface area contributed by atoms with Gasteiger partial charge in [0.1, 0.15) is 30.4 Å². The van der Waals surface area contributed by atoms with E-state index in [2.05, 4.69) is 10.1 Å². The van der Waals surface area contributed by atoms with Crippen LogP contribution in [0.5, 0.6) is 5.75 Å². The highest BCUT2D eigenvalue weighted by Crippen LogP contribution is 2.27. The normalized spacial score (nSPS) is 14.9. The Morgan fingerprint density at radius 3 is 2.66 bits per heavy atom. The highest BCUT2D eigenvalue weighted by molar-refractivity contribution is 7.80. The molecule has 0 spiro atoms. The van der Waals surface area contributed by atoms with Crippen LogP contribution in [-0.2, 0) is 20.9 Å². The zero-order valence-electron chi connectivity index (χ0n) is 15.3. The Morgan fingerprint density at radius 1 is 1.28 bits per heavy atom. The van der Waals surface area contributed by atoms with Crippen LogP contribution in [0.3, 0.4) is 0 Å². The summed E-state index contributed by atoms with van der Waals surface area (Å²) in [4.78, 5) is 25.0. The van der Waals surface area contributed by atoms with Gasteiger partial charge in [-0.3, -0.25) is 14.5 Å². The van der Waals surface area contributed by atoms with Gasteiger partial charge in [-0.2, -0.15) is 0 Å². The predicted octanol–water partition coefficient (Wildman–Crippen LogP) is 3.29. The van der Waals surface area contributed by atoms with Crippen LogP contribution in [0.1, 0.15) is 11.1 Å². The molecule has 6 nitrogen and oxygen atoms in total. The lowest BCUT2D eigenvalue weighted by Crippen LogP contribution is -2.35. The predicted molar refractivity (Wildman–Crippen MR) is 110 cm³/mol. The third-order valence-corrected chi connectivity index (χ3v) is 4.67. The van der Waals surface area contributed by atoms with Crippen LogP contribution in [0.2, 0.25) is 5.02 Å². The van der Waals surface area contributed by atoms with Crippen LogP contribution in [0.15, 0.2) is 48.2 Å². The molecule has 0 unspecified atom stereocenters. The van der Waals surface area contributed by atoms with Gasteiger partial charge in [0.2, 0.25) is 0 Å². The lowest BCUT2D eigenvalue weighted by atomic mass is 10.1. The highest BCUT2D eigenvalue weighted by atomic mass is 35.5. The molecule has 150 valence electrons. The first-order valence-electron chi connectivity index (χ1n) is 8.45. The second-order valence-corrected chi connectivity index (χ2v) is 6.85. The molecule has 2 aromatic rings. The molecule has 0 aliphatic carbocycles. The number of methoxy groups -OCH3 is 1. The number of halogens is 2. The molecule has 1 heterocycles. The van der Waals surface area contributed by atoms with Crippen molar-refractivity contribution in [3.05, 3.63) is 70.1 Å². The van der Waals surface area contributed by atoms with Gasteiger partial charge in [-0.15, -0.1) is 0 Å². The summed E-state index contributed by atoms with van der Waals surface area (Å²) in [6, 6.07) is 11.0. The van der Waals surface area contributed by atoms with E-state index in [9.17, 15) is 14.0 Å². The van der Waals surface area contributed by atoms with Crippen LogP contribution in [-0.4, -0.2) is 35.5 Å². The van der Waals surface area contributed by atoms with Crippen LogP contribution in [0.4, 0.5) is 4.39 Å². The minimum absolute atomic E-state index is 0.122. The molecule has 1 aliphatic heterocycles. The van der Waals surface area contributed by atoms with Crippen LogP contribution in [0.25, 0.3) is 6.08 Å². The molecule has 0 radical (unpaired) electrons. The third-order valence-electron chi connectivity index (χ3n) is 4.05. The molecular weight excluding hydrogens is 419 g/mol. The van der Waals surface area contributed by atoms with E-state index in [0.717, 1.165) is 10.5 Å². The second kappa shape index (κ2) is 9.02. The molecule has 0 bridgehead atoms. The zero-order chi connectivity index (χ0) is 21.0. The first-order chi connectivity index (χ1) is 13.9. The first kappa shape index (κ1) is 20.8. The Bertz CT molecular complexity index is 994. The monoisotopic (exact) mass is 434 g/mol. The van der Waals surface area contributed by atoms with Crippen LogP contribution in [0, 0.1) is 5.82 Å². The number of thiocarbonyl (C=S) groups is 1. The summed E-state index contributed by atoms with van der Waals surface area (Å²) in [6.07, 6.45) is 1.57. The molecule has 0 aromatic heterocycles. The molecule has 1 fully saturated rings. The number of amides is 1. The van der Waals surface area contributed by atoms with Gasteiger partial charge in [0.05, 0.1) is 12.1 Å². The van der Waals surface area contributed by atoms with Crippen molar-refractivity contribution in [2.75, 3.05) is 13.7 Å². The number of rotatable bonds is 6. The van der Waals surface area contributed by atoms with Crippen LogP contribution < -0.4 is 10.1 Å². The summed E-state index contributed by atoms with van der Waals surface area (Å²) in [7, 11) is 1.23. The topological polar surface area (TPSA) is 67.9 Å². The minimum Gasteiger partial charge on any atom is -0.487 e. The van der Waals surface area contributed by atoms with Crippen LogP contribution >= 0.6 is 23.8 Å². The Hall–Kier alpha value is -2.97. The number of carbonyl (C=O) groups excluding carboxylic acids is 2. The fraction of sp³-hybridized carbons (Fsp3) is 0.150. The third kappa shape index (κ3) is 5.10. The fourth-order valence-electron chi connectivity index (χ4n) is 2.54. The smallest absolute Gasteiger partial charge is 0.325 e. The summed E-state index contributed by atoms with van der Waals surface area (Å²) in [5, 5.41) is 3.24. The van der Waals surface area contributed by atoms with E-state index < -0.39 is 11.9 Å². The van der Waals surface area contributed by atoms with Gasteiger partial charge in [-0.25, -0.2) is 4.39 Å². The number of benzene rings is 2. The van der Waals surface area contributed by atoms with E-state index in [0.29, 0.717) is 16.3 Å². The number of nitrogens with one attached hydrogen (secondary N) is 1. The van der Waals surface area contributed by atoms with Crippen molar-refractivity contribution in [1.82, 2.24) is 10.2 Å². The average Bonchev–Trinajstić information content (AvgIpc) is 2.96. The van der Waals surface area contributed by atoms with Crippen molar-refractivity contribution < 1.29 is 23.5 Å². The molecule has 0 saturated carbocycles. The number of hydrogen-bond acceptors (Lipinski definition) is 5. The maximum Gasteiger partial charge on any atom is 0.325 e. The molecular formula is C20H16ClFN2O4S. The Balaban J connectivity index is 1.69. The Morgan fingerprint density at radius 2 is 2.00 bits per heavy atom. The quantitative estimate of drug-likeness (QED) is 0.427. The lowest BCUT2D eigenvalue weighted by molar-refractivity contribution is -0.143. The molecule has 2 aromatic carbocycles. The van der Waals surface area contributed by atoms with Gasteiger partial charge < -0.3 is 14.8 Å². The highest BCUT2D eigenvalue weighted by Gasteiger charge is 2.32. The largest absolute Gasteiger partial charge is 0.487 e. The second-order valence-electron chi connectivity index (χ2n) is 6.06. The van der Waals surface area contributed by atoms with Crippen molar-refractivity contribution in [1.29, 1.82) is 0 Å². The van der Waals surface area contributed by atoms with E-state index in [-0.39, 0.29) is 29.8 Å². The molecule has 29 heavy (non-hydrogen) atoms. The minimum atomic E-state index is -0.575. The van der Waals surface area contributed by atoms with E-state index >= 15 is 0 Å². The van der Waals surface area contributed by atoms with Gasteiger partial charge in [0.15, 0.2) is 5.11 Å². The number of ether oxygens (including phenoxy) is 2. The standard InChI is InChI=1S/C20H16ClFN2O4S/c1-27-18(25)10-24-19(26)16(23-20(24)29)9-13-4-7-17(15(21)8-13)28-11-12-2-5-14(22)6-3-12/h2-9H,10-11H2,1H3,(H,23,29)/b16-9-. The van der Waals surface area contributed by atoms with Crippen molar-refractivity contribution in [2.45, 2.75) is 6.61 Å². The fourth-order valence-corrected chi connectivity index (χ4v) is 3.04. The Labute approximate surface area is 176 Å². The average molecular weight is 435 g/mol. The summed E-state index contributed by atoms with van der Waals surface area (Å²) < 4.78 is 23.2. The van der Waals surface area contributed by atoms with Gasteiger partial charge in [0.25, 0.3) is 5.91 Å². The van der Waals surface area contributed by atoms with Crippen molar-refractivity contribution >= 4 is 46.9 Å². The summed E-state index contributed by atoms with van der Waals surface area (Å²) >= 11 is 11.4. The van der Waals surface area contributed by atoms with Gasteiger partial charge >= 0.3 is 5.97 Å². The SMILES string of the molecule is COC(=O)CN1C(=O)/C(=C/c2ccc(OCc3ccc(F)cc3)c(Cl)c2)NC1=S. The molecule has 1 N–H and O–H groups in total. The van der Waals surface area contributed by atoms with Crippen molar-refractivity contribution in [2.24, 2.45) is 0 Å². The zero-order valence-corrected chi connectivity index (χ0v) is 16.8. The first-order valence-corrected chi connectivity index (χ1v) is 9.24. The lowest BCUT2D eigenvalue weighted by Gasteiger charge is -2.11. The Kier molecular flexibility index (Phi) is 6.46. The van der Waals surface area contributed by atoms with E-state index in [1.165, 1.54) is 19.2 Å². The maximum atomic E-state index is 13.0. The molecule has 1 amide bonds. The number of esters is 1. The van der Waals surface area contributed by atoms with Crippen molar-refractivity contribution in [3.63, 3.8) is 0 Å². The number of hydrogen-bond donors (Lipinski definition) is 1. The molecule has 0 atom stereocenters. The van der Waals surface area contributed by atoms with Gasteiger partial charge in [0, 0.05) is 0 Å². The summed E-state index contributed by atoms with van der Waals surface area (Å²) in [5.41, 5.74) is 1.66.